The van der Waals surface area contributed by atoms with E-state index < -0.39 is 23.0 Å². The lowest BCUT2D eigenvalue weighted by Crippen LogP contribution is -2.22. The predicted octanol–water partition coefficient (Wildman–Crippen LogP) is 1.76. The quantitative estimate of drug-likeness (QED) is 0.475. The van der Waals surface area contributed by atoms with Crippen LogP contribution in [0.3, 0.4) is 0 Å². The number of nitro groups is 1. The van der Waals surface area contributed by atoms with Crippen molar-refractivity contribution in [3.8, 4) is 0 Å². The van der Waals surface area contributed by atoms with Gasteiger partial charge in [0.25, 0.3) is 5.69 Å². The van der Waals surface area contributed by atoms with Crippen LogP contribution in [-0.4, -0.2) is 29.1 Å². The summed E-state index contributed by atoms with van der Waals surface area (Å²) in [5, 5.41) is 10.8. The number of carbonyl (C=O) groups excluding carboxylic acids is 2. The molecule has 7 nitrogen and oxygen atoms in total. The molecule has 0 bridgehead atoms. The molecule has 2 atom stereocenters. The number of hydrogen-bond acceptors (Lipinski definition) is 6. The van der Waals surface area contributed by atoms with Crippen LogP contribution in [0.5, 0.6) is 0 Å². The molecule has 1 aromatic carbocycles. The average molecular weight is 279 g/mol. The van der Waals surface area contributed by atoms with Crippen molar-refractivity contribution in [2.45, 2.75) is 32.5 Å². The first-order valence-electron chi connectivity index (χ1n) is 6.05. The molecule has 1 heterocycles. The first-order valence-corrected chi connectivity index (χ1v) is 6.05. The lowest BCUT2D eigenvalue weighted by Gasteiger charge is -2.08. The van der Waals surface area contributed by atoms with Gasteiger partial charge in [-0.05, 0) is 19.9 Å². The van der Waals surface area contributed by atoms with Crippen molar-refractivity contribution in [3.05, 3.63) is 39.4 Å². The third kappa shape index (κ3) is 2.76. The van der Waals surface area contributed by atoms with Crippen molar-refractivity contribution in [3.63, 3.8) is 0 Å². The van der Waals surface area contributed by atoms with Crippen LogP contribution in [0.25, 0.3) is 0 Å². The second kappa shape index (κ2) is 5.28. The van der Waals surface area contributed by atoms with E-state index in [0.717, 1.165) is 6.07 Å². The van der Waals surface area contributed by atoms with Gasteiger partial charge in [0.1, 0.15) is 6.10 Å². The van der Waals surface area contributed by atoms with E-state index in [1.807, 2.05) is 0 Å². The number of hydrogen-bond donors (Lipinski definition) is 0. The Morgan fingerprint density at radius 3 is 2.75 bits per heavy atom. The summed E-state index contributed by atoms with van der Waals surface area (Å²) < 4.78 is 9.89. The molecular weight excluding hydrogens is 266 g/mol. The molecule has 0 spiro atoms. The molecule has 1 saturated heterocycles. The normalized spacial score (nSPS) is 21.4. The predicted molar refractivity (Wildman–Crippen MR) is 67.2 cm³/mol. The zero-order valence-corrected chi connectivity index (χ0v) is 11.0. The van der Waals surface area contributed by atoms with Gasteiger partial charge < -0.3 is 9.47 Å². The fourth-order valence-electron chi connectivity index (χ4n) is 1.95. The van der Waals surface area contributed by atoms with Gasteiger partial charge in [0.2, 0.25) is 6.10 Å². The van der Waals surface area contributed by atoms with Crippen LogP contribution in [0, 0.1) is 17.0 Å². The maximum atomic E-state index is 11.9. The molecule has 7 heteroatoms. The van der Waals surface area contributed by atoms with Gasteiger partial charge >= 0.3 is 11.9 Å². The van der Waals surface area contributed by atoms with Crippen molar-refractivity contribution in [2.75, 3.05) is 0 Å². The number of aryl methyl sites for hydroxylation is 1. The molecule has 0 radical (unpaired) electrons. The first kappa shape index (κ1) is 14.0. The Labute approximate surface area is 114 Å². The van der Waals surface area contributed by atoms with Gasteiger partial charge in [-0.3, -0.25) is 10.1 Å². The molecule has 1 aromatic rings. The van der Waals surface area contributed by atoms with Crippen LogP contribution in [0.15, 0.2) is 18.2 Å². The van der Waals surface area contributed by atoms with Crippen molar-refractivity contribution >= 4 is 17.6 Å². The van der Waals surface area contributed by atoms with Crippen LogP contribution in [0.2, 0.25) is 0 Å². The van der Waals surface area contributed by atoms with E-state index in [1.165, 1.54) is 12.1 Å². The minimum atomic E-state index is -0.946. The molecule has 0 aromatic heterocycles. The number of carbonyl (C=O) groups is 2. The lowest BCUT2D eigenvalue weighted by atomic mass is 10.1. The highest BCUT2D eigenvalue weighted by atomic mass is 16.6. The van der Waals surface area contributed by atoms with Crippen molar-refractivity contribution in [2.24, 2.45) is 0 Å². The molecule has 1 aliphatic rings. The van der Waals surface area contributed by atoms with Crippen LogP contribution < -0.4 is 0 Å². The molecule has 20 heavy (non-hydrogen) atoms. The lowest BCUT2D eigenvalue weighted by molar-refractivity contribution is -0.385. The van der Waals surface area contributed by atoms with Crippen molar-refractivity contribution < 1.29 is 24.0 Å². The summed E-state index contributed by atoms with van der Waals surface area (Å²) in [7, 11) is 0. The third-order valence-corrected chi connectivity index (χ3v) is 3.02. The van der Waals surface area contributed by atoms with Crippen LogP contribution in [-0.2, 0) is 14.3 Å². The van der Waals surface area contributed by atoms with E-state index >= 15 is 0 Å². The molecule has 0 saturated carbocycles. The summed E-state index contributed by atoms with van der Waals surface area (Å²) in [6.07, 6.45) is -0.955. The summed E-state index contributed by atoms with van der Waals surface area (Å²) >= 11 is 0. The number of nitrogens with zero attached hydrogens (tertiary/aromatic N) is 1. The van der Waals surface area contributed by atoms with Gasteiger partial charge in [-0.1, -0.05) is 6.07 Å². The molecule has 0 aliphatic carbocycles. The van der Waals surface area contributed by atoms with Gasteiger partial charge in [-0.2, -0.15) is 0 Å². The second-order valence-electron chi connectivity index (χ2n) is 4.64. The van der Waals surface area contributed by atoms with E-state index in [-0.39, 0.29) is 17.4 Å². The van der Waals surface area contributed by atoms with E-state index in [2.05, 4.69) is 0 Å². The standard InChI is InChI=1S/C13H13NO6/c1-7-3-4-9(6-10(7)14(17)18)12(15)20-11-5-8(2)19-13(11)16/h3-4,6,8,11H,5H2,1-2H3/t8-,11-/m1/s1. The van der Waals surface area contributed by atoms with E-state index in [0.29, 0.717) is 12.0 Å². The van der Waals surface area contributed by atoms with Gasteiger partial charge in [-0.15, -0.1) is 0 Å². The van der Waals surface area contributed by atoms with E-state index in [1.54, 1.807) is 13.8 Å². The monoisotopic (exact) mass is 279 g/mol. The Morgan fingerprint density at radius 1 is 1.50 bits per heavy atom. The number of benzene rings is 1. The SMILES string of the molecule is Cc1ccc(C(=O)O[C@@H]2C[C@@H](C)OC2=O)cc1[N+](=O)[O-]. The number of cyclic esters (lactones) is 1. The Morgan fingerprint density at radius 2 is 2.20 bits per heavy atom. The molecular formula is C13H13NO6. The van der Waals surface area contributed by atoms with Crippen LogP contribution >= 0.6 is 0 Å². The topological polar surface area (TPSA) is 95.7 Å². The van der Waals surface area contributed by atoms with E-state index in [9.17, 15) is 19.7 Å². The number of ether oxygens (including phenoxy) is 2. The van der Waals surface area contributed by atoms with Gasteiger partial charge in [-0.25, -0.2) is 9.59 Å². The highest BCUT2D eigenvalue weighted by Crippen LogP contribution is 2.22. The molecule has 0 amide bonds. The van der Waals surface area contributed by atoms with Crippen molar-refractivity contribution in [1.82, 2.24) is 0 Å². The summed E-state index contributed by atoms with van der Waals surface area (Å²) in [5.41, 5.74) is 0.317. The van der Waals surface area contributed by atoms with Gasteiger partial charge in [0.05, 0.1) is 10.5 Å². The highest BCUT2D eigenvalue weighted by Gasteiger charge is 2.35. The Bertz CT molecular complexity index is 582. The van der Waals surface area contributed by atoms with Crippen molar-refractivity contribution in [1.29, 1.82) is 0 Å². The molecule has 0 N–H and O–H groups in total. The zero-order chi connectivity index (χ0) is 14.9. The minimum Gasteiger partial charge on any atom is -0.460 e. The van der Waals surface area contributed by atoms with Gasteiger partial charge in [0.15, 0.2) is 0 Å². The summed E-state index contributed by atoms with van der Waals surface area (Å²) in [4.78, 5) is 33.5. The fraction of sp³-hybridized carbons (Fsp3) is 0.385. The molecule has 1 fully saturated rings. The smallest absolute Gasteiger partial charge is 0.347 e. The average Bonchev–Trinajstić information content (AvgIpc) is 2.67. The summed E-state index contributed by atoms with van der Waals surface area (Å²) in [6, 6.07) is 4.03. The number of esters is 2. The summed E-state index contributed by atoms with van der Waals surface area (Å²) in [5.74, 6) is -1.36. The Hall–Kier alpha value is -2.44. The van der Waals surface area contributed by atoms with E-state index in [4.69, 9.17) is 9.47 Å². The third-order valence-electron chi connectivity index (χ3n) is 3.02. The molecule has 106 valence electrons. The van der Waals surface area contributed by atoms with Crippen LogP contribution in [0.4, 0.5) is 5.69 Å². The fourth-order valence-corrected chi connectivity index (χ4v) is 1.95. The van der Waals surface area contributed by atoms with Crippen LogP contribution in [0.1, 0.15) is 29.3 Å². The zero-order valence-electron chi connectivity index (χ0n) is 11.0. The minimum absolute atomic E-state index is 0.0367. The Balaban J connectivity index is 2.16. The summed E-state index contributed by atoms with van der Waals surface area (Å²) in [6.45, 7) is 3.27. The maximum absolute atomic E-state index is 11.9. The van der Waals surface area contributed by atoms with Gasteiger partial charge in [0, 0.05) is 18.1 Å². The molecule has 0 unspecified atom stereocenters. The first-order chi connectivity index (χ1) is 9.38. The number of nitro benzene ring substituents is 1. The molecule has 2 rings (SSSR count). The molecule has 1 aliphatic heterocycles. The largest absolute Gasteiger partial charge is 0.460 e. The Kier molecular flexibility index (Phi) is 3.69. The number of rotatable bonds is 3. The highest BCUT2D eigenvalue weighted by molar-refractivity contribution is 5.92. The maximum Gasteiger partial charge on any atom is 0.347 e. The second-order valence-corrected chi connectivity index (χ2v) is 4.64.